The predicted octanol–water partition coefficient (Wildman–Crippen LogP) is 1.22. The Bertz CT molecular complexity index is 337. The summed E-state index contributed by atoms with van der Waals surface area (Å²) >= 11 is 0. The molecule has 0 aliphatic rings. The molecule has 1 atom stereocenters. The van der Waals surface area contributed by atoms with Crippen LogP contribution in [0.4, 0.5) is 4.39 Å². The predicted molar refractivity (Wildman–Crippen MR) is 61.4 cm³/mol. The van der Waals surface area contributed by atoms with Crippen molar-refractivity contribution in [3.05, 3.63) is 35.6 Å². The maximum absolute atomic E-state index is 12.6. The Kier molecular flexibility index (Phi) is 4.92. The number of hydrogen-bond acceptors (Lipinski definition) is 2. The van der Waals surface area contributed by atoms with Crippen molar-refractivity contribution in [1.29, 1.82) is 0 Å². The average molecular weight is 224 g/mol. The molecule has 0 aliphatic carbocycles. The highest BCUT2D eigenvalue weighted by atomic mass is 19.1. The van der Waals surface area contributed by atoms with E-state index < -0.39 is 0 Å². The molecule has 0 saturated carbocycles. The Morgan fingerprint density at radius 2 is 2.06 bits per heavy atom. The molecule has 3 N–H and O–H groups in total. The first-order valence-corrected chi connectivity index (χ1v) is 5.35. The monoisotopic (exact) mass is 224 g/mol. The van der Waals surface area contributed by atoms with Gasteiger partial charge in [0.2, 0.25) is 5.91 Å². The van der Waals surface area contributed by atoms with Crippen LogP contribution in [0.5, 0.6) is 0 Å². The zero-order valence-electron chi connectivity index (χ0n) is 9.37. The summed E-state index contributed by atoms with van der Waals surface area (Å²) in [6, 6.07) is 6.18. The van der Waals surface area contributed by atoms with Crippen molar-refractivity contribution in [3.63, 3.8) is 0 Å². The Balaban J connectivity index is 2.34. The van der Waals surface area contributed by atoms with Crippen LogP contribution in [-0.4, -0.2) is 18.5 Å². The number of carbonyl (C=O) groups is 1. The van der Waals surface area contributed by atoms with Crippen LogP contribution < -0.4 is 11.1 Å². The lowest BCUT2D eigenvalue weighted by Crippen LogP contribution is -2.37. The number of nitrogens with two attached hydrogens (primary N) is 1. The van der Waals surface area contributed by atoms with Crippen molar-refractivity contribution in [1.82, 2.24) is 5.32 Å². The topological polar surface area (TPSA) is 55.1 Å². The van der Waals surface area contributed by atoms with Gasteiger partial charge in [-0.1, -0.05) is 12.1 Å². The van der Waals surface area contributed by atoms with E-state index in [2.05, 4.69) is 5.32 Å². The van der Waals surface area contributed by atoms with Crippen molar-refractivity contribution >= 4 is 5.91 Å². The number of aryl methyl sites for hydroxylation is 1. The van der Waals surface area contributed by atoms with E-state index in [1.165, 1.54) is 12.1 Å². The number of carbonyl (C=O) groups excluding carboxylic acids is 1. The summed E-state index contributed by atoms with van der Waals surface area (Å²) in [5, 5.41) is 2.77. The molecule has 0 fully saturated rings. The number of benzene rings is 1. The van der Waals surface area contributed by atoms with Gasteiger partial charge in [-0.2, -0.15) is 0 Å². The van der Waals surface area contributed by atoms with Crippen molar-refractivity contribution in [2.75, 3.05) is 6.54 Å². The molecule has 0 saturated heterocycles. The lowest BCUT2D eigenvalue weighted by Gasteiger charge is -2.10. The highest BCUT2D eigenvalue weighted by Crippen LogP contribution is 2.05. The van der Waals surface area contributed by atoms with Gasteiger partial charge >= 0.3 is 0 Å². The highest BCUT2D eigenvalue weighted by Gasteiger charge is 2.05. The van der Waals surface area contributed by atoms with E-state index in [0.29, 0.717) is 19.4 Å². The lowest BCUT2D eigenvalue weighted by molar-refractivity contribution is -0.121. The van der Waals surface area contributed by atoms with E-state index in [-0.39, 0.29) is 17.8 Å². The number of nitrogens with one attached hydrogen (secondary N) is 1. The van der Waals surface area contributed by atoms with Crippen molar-refractivity contribution < 1.29 is 9.18 Å². The summed E-state index contributed by atoms with van der Waals surface area (Å²) < 4.78 is 12.6. The van der Waals surface area contributed by atoms with E-state index in [1.807, 2.05) is 6.92 Å². The molecule has 1 aromatic rings. The summed E-state index contributed by atoms with van der Waals surface area (Å²) in [6.45, 7) is 2.29. The molecular formula is C12H17FN2O. The molecule has 1 rings (SSSR count). The molecule has 88 valence electrons. The van der Waals surface area contributed by atoms with Gasteiger partial charge in [-0.05, 0) is 31.0 Å². The second-order valence-corrected chi connectivity index (χ2v) is 3.83. The SMILES string of the molecule is CC(CN)NC(=O)CCc1ccc(F)cc1. The van der Waals surface area contributed by atoms with Gasteiger partial charge in [0.1, 0.15) is 5.82 Å². The average Bonchev–Trinajstić information content (AvgIpc) is 2.28. The maximum atomic E-state index is 12.6. The fourth-order valence-corrected chi connectivity index (χ4v) is 1.31. The molecule has 0 spiro atoms. The van der Waals surface area contributed by atoms with Gasteiger partial charge in [0.25, 0.3) is 0 Å². The number of halogens is 1. The van der Waals surface area contributed by atoms with Crippen LogP contribution in [0.3, 0.4) is 0 Å². The Labute approximate surface area is 94.8 Å². The number of hydrogen-bond donors (Lipinski definition) is 2. The normalized spacial score (nSPS) is 12.2. The molecule has 16 heavy (non-hydrogen) atoms. The van der Waals surface area contributed by atoms with Crippen LogP contribution in [0.1, 0.15) is 18.9 Å². The fraction of sp³-hybridized carbons (Fsp3) is 0.417. The van der Waals surface area contributed by atoms with E-state index in [4.69, 9.17) is 5.73 Å². The Morgan fingerprint density at radius 1 is 1.44 bits per heavy atom. The minimum Gasteiger partial charge on any atom is -0.352 e. The summed E-state index contributed by atoms with van der Waals surface area (Å²) in [6.07, 6.45) is 1.01. The third-order valence-corrected chi connectivity index (χ3v) is 2.31. The first-order chi connectivity index (χ1) is 7.61. The van der Waals surface area contributed by atoms with E-state index in [1.54, 1.807) is 12.1 Å². The molecule has 1 unspecified atom stereocenters. The van der Waals surface area contributed by atoms with Crippen molar-refractivity contribution in [2.45, 2.75) is 25.8 Å². The third-order valence-electron chi connectivity index (χ3n) is 2.31. The standard InChI is InChI=1S/C12H17FN2O/c1-9(8-14)15-12(16)7-4-10-2-5-11(13)6-3-10/h2-3,5-6,9H,4,7-8,14H2,1H3,(H,15,16). The van der Waals surface area contributed by atoms with Gasteiger partial charge < -0.3 is 11.1 Å². The summed E-state index contributed by atoms with van der Waals surface area (Å²) in [4.78, 5) is 11.4. The summed E-state index contributed by atoms with van der Waals surface area (Å²) in [5.41, 5.74) is 6.34. The van der Waals surface area contributed by atoms with Gasteiger partial charge in [-0.3, -0.25) is 4.79 Å². The minimum absolute atomic E-state index is 0.000665. The van der Waals surface area contributed by atoms with Gasteiger partial charge in [0.05, 0.1) is 0 Å². The number of amides is 1. The summed E-state index contributed by atoms with van der Waals surface area (Å²) in [5.74, 6) is -0.285. The third kappa shape index (κ3) is 4.40. The zero-order valence-corrected chi connectivity index (χ0v) is 9.37. The zero-order chi connectivity index (χ0) is 12.0. The van der Waals surface area contributed by atoms with Crippen LogP contribution in [0, 0.1) is 5.82 Å². The molecule has 1 aromatic carbocycles. The maximum Gasteiger partial charge on any atom is 0.220 e. The van der Waals surface area contributed by atoms with Crippen LogP contribution >= 0.6 is 0 Å². The molecular weight excluding hydrogens is 207 g/mol. The molecule has 0 radical (unpaired) electrons. The van der Waals surface area contributed by atoms with Gasteiger partial charge in [0, 0.05) is 19.0 Å². The quantitative estimate of drug-likeness (QED) is 0.790. The van der Waals surface area contributed by atoms with Crippen molar-refractivity contribution in [2.24, 2.45) is 5.73 Å². The molecule has 3 nitrogen and oxygen atoms in total. The Hall–Kier alpha value is -1.42. The van der Waals surface area contributed by atoms with Crippen LogP contribution in [0.15, 0.2) is 24.3 Å². The summed E-state index contributed by atoms with van der Waals surface area (Å²) in [7, 11) is 0. The van der Waals surface area contributed by atoms with Gasteiger partial charge in [-0.15, -0.1) is 0 Å². The van der Waals surface area contributed by atoms with Crippen LogP contribution in [0.25, 0.3) is 0 Å². The van der Waals surface area contributed by atoms with Crippen molar-refractivity contribution in [3.8, 4) is 0 Å². The Morgan fingerprint density at radius 3 is 2.62 bits per heavy atom. The fourth-order valence-electron chi connectivity index (χ4n) is 1.31. The lowest BCUT2D eigenvalue weighted by atomic mass is 10.1. The van der Waals surface area contributed by atoms with Gasteiger partial charge in [0.15, 0.2) is 0 Å². The second kappa shape index (κ2) is 6.23. The molecule has 0 bridgehead atoms. The van der Waals surface area contributed by atoms with E-state index in [9.17, 15) is 9.18 Å². The minimum atomic E-state index is -0.259. The molecule has 4 heteroatoms. The first kappa shape index (κ1) is 12.6. The van der Waals surface area contributed by atoms with Crippen LogP contribution in [-0.2, 0) is 11.2 Å². The first-order valence-electron chi connectivity index (χ1n) is 5.35. The second-order valence-electron chi connectivity index (χ2n) is 3.83. The molecule has 0 aromatic heterocycles. The number of rotatable bonds is 5. The largest absolute Gasteiger partial charge is 0.352 e. The molecule has 1 amide bonds. The smallest absolute Gasteiger partial charge is 0.220 e. The van der Waals surface area contributed by atoms with E-state index >= 15 is 0 Å². The highest BCUT2D eigenvalue weighted by molar-refractivity contribution is 5.76. The molecule has 0 aliphatic heterocycles. The van der Waals surface area contributed by atoms with Gasteiger partial charge in [-0.25, -0.2) is 4.39 Å². The van der Waals surface area contributed by atoms with Crippen LogP contribution in [0.2, 0.25) is 0 Å². The van der Waals surface area contributed by atoms with E-state index in [0.717, 1.165) is 5.56 Å². The molecule has 0 heterocycles.